The van der Waals surface area contributed by atoms with Gasteiger partial charge in [0.05, 0.1) is 5.75 Å². The standard InChI is InChI=1S/C13H21NO3S/c1-3-17-9-5-8-14-18(15,16)11-13-7-4-6-12(2)10-13/h4,6-7,10,14H,3,5,8-9,11H2,1-2H3. The highest BCUT2D eigenvalue weighted by molar-refractivity contribution is 7.88. The van der Waals surface area contributed by atoms with Crippen LogP contribution in [0.5, 0.6) is 0 Å². The van der Waals surface area contributed by atoms with Crippen LogP contribution < -0.4 is 4.72 Å². The SMILES string of the molecule is CCOCCCNS(=O)(=O)Cc1cccc(C)c1. The van der Waals surface area contributed by atoms with Crippen molar-refractivity contribution in [3.63, 3.8) is 0 Å². The van der Waals surface area contributed by atoms with Gasteiger partial charge in [-0.15, -0.1) is 0 Å². The van der Waals surface area contributed by atoms with Crippen molar-refractivity contribution >= 4 is 10.0 Å². The van der Waals surface area contributed by atoms with Crippen molar-refractivity contribution in [2.75, 3.05) is 19.8 Å². The van der Waals surface area contributed by atoms with E-state index in [1.54, 1.807) is 0 Å². The Bertz CT molecular complexity index is 457. The molecule has 0 saturated heterocycles. The Morgan fingerprint density at radius 1 is 1.33 bits per heavy atom. The molecule has 0 fully saturated rings. The maximum Gasteiger partial charge on any atom is 0.215 e. The first kappa shape index (κ1) is 15.1. The number of rotatable bonds is 8. The first-order chi connectivity index (χ1) is 8.53. The molecule has 0 heterocycles. The van der Waals surface area contributed by atoms with E-state index in [-0.39, 0.29) is 5.75 Å². The molecule has 1 rings (SSSR count). The second-order valence-electron chi connectivity index (χ2n) is 4.19. The third-order valence-corrected chi connectivity index (χ3v) is 3.79. The fraction of sp³-hybridized carbons (Fsp3) is 0.538. The zero-order valence-corrected chi connectivity index (χ0v) is 11.8. The lowest BCUT2D eigenvalue weighted by atomic mass is 10.2. The first-order valence-electron chi connectivity index (χ1n) is 6.14. The summed E-state index contributed by atoms with van der Waals surface area (Å²) in [6, 6.07) is 7.53. The van der Waals surface area contributed by atoms with E-state index in [0.717, 1.165) is 11.1 Å². The minimum atomic E-state index is -3.24. The fourth-order valence-electron chi connectivity index (χ4n) is 1.62. The van der Waals surface area contributed by atoms with Gasteiger partial charge >= 0.3 is 0 Å². The summed E-state index contributed by atoms with van der Waals surface area (Å²) < 4.78 is 31.3. The first-order valence-corrected chi connectivity index (χ1v) is 7.79. The molecule has 0 aliphatic rings. The highest BCUT2D eigenvalue weighted by atomic mass is 32.2. The molecule has 0 unspecified atom stereocenters. The van der Waals surface area contributed by atoms with Gasteiger partial charge < -0.3 is 4.74 Å². The minimum Gasteiger partial charge on any atom is -0.382 e. The van der Waals surface area contributed by atoms with Crippen LogP contribution in [0.15, 0.2) is 24.3 Å². The van der Waals surface area contributed by atoms with E-state index in [1.165, 1.54) is 0 Å². The van der Waals surface area contributed by atoms with E-state index in [4.69, 9.17) is 4.74 Å². The summed E-state index contributed by atoms with van der Waals surface area (Å²) in [6.07, 6.45) is 0.695. The molecule has 0 bridgehead atoms. The van der Waals surface area contributed by atoms with E-state index in [1.807, 2.05) is 38.1 Å². The normalized spacial score (nSPS) is 11.7. The van der Waals surface area contributed by atoms with Gasteiger partial charge in [-0.1, -0.05) is 29.8 Å². The predicted molar refractivity (Wildman–Crippen MR) is 72.9 cm³/mol. The summed E-state index contributed by atoms with van der Waals surface area (Å²) in [6.45, 7) is 5.54. The lowest BCUT2D eigenvalue weighted by molar-refractivity contribution is 0.146. The topological polar surface area (TPSA) is 55.4 Å². The summed E-state index contributed by atoms with van der Waals surface area (Å²) in [7, 11) is -3.24. The largest absolute Gasteiger partial charge is 0.382 e. The van der Waals surface area contributed by atoms with Crippen molar-refractivity contribution < 1.29 is 13.2 Å². The summed E-state index contributed by atoms with van der Waals surface area (Å²) in [4.78, 5) is 0. The van der Waals surface area contributed by atoms with Crippen molar-refractivity contribution in [2.45, 2.75) is 26.0 Å². The second kappa shape index (κ2) is 7.51. The summed E-state index contributed by atoms with van der Waals surface area (Å²) in [5.41, 5.74) is 1.88. The molecule has 5 heteroatoms. The lowest BCUT2D eigenvalue weighted by Crippen LogP contribution is -2.26. The Hall–Kier alpha value is -0.910. The van der Waals surface area contributed by atoms with Crippen molar-refractivity contribution in [1.82, 2.24) is 4.72 Å². The molecule has 18 heavy (non-hydrogen) atoms. The van der Waals surface area contributed by atoms with Gasteiger partial charge in [-0.3, -0.25) is 0 Å². The van der Waals surface area contributed by atoms with Crippen LogP contribution in [0, 0.1) is 6.92 Å². The lowest BCUT2D eigenvalue weighted by Gasteiger charge is -2.07. The number of ether oxygens (including phenoxy) is 1. The molecular formula is C13H21NO3S. The monoisotopic (exact) mass is 271 g/mol. The van der Waals surface area contributed by atoms with Gasteiger partial charge in [0.25, 0.3) is 0 Å². The van der Waals surface area contributed by atoms with Gasteiger partial charge in [0, 0.05) is 19.8 Å². The molecule has 4 nitrogen and oxygen atoms in total. The van der Waals surface area contributed by atoms with Crippen molar-refractivity contribution in [3.05, 3.63) is 35.4 Å². The van der Waals surface area contributed by atoms with Crippen molar-refractivity contribution in [1.29, 1.82) is 0 Å². The number of nitrogens with one attached hydrogen (secondary N) is 1. The molecule has 1 N–H and O–H groups in total. The van der Waals surface area contributed by atoms with Crippen LogP contribution in [0.2, 0.25) is 0 Å². The number of hydrogen-bond acceptors (Lipinski definition) is 3. The molecule has 102 valence electrons. The average molecular weight is 271 g/mol. The molecule has 0 aliphatic heterocycles. The van der Waals surface area contributed by atoms with Gasteiger partial charge in [0.1, 0.15) is 0 Å². The molecule has 0 radical (unpaired) electrons. The maximum atomic E-state index is 11.8. The minimum absolute atomic E-state index is 0.0311. The van der Waals surface area contributed by atoms with E-state index >= 15 is 0 Å². The fourth-order valence-corrected chi connectivity index (χ4v) is 2.79. The third-order valence-electron chi connectivity index (χ3n) is 2.43. The average Bonchev–Trinajstić information content (AvgIpc) is 2.28. The van der Waals surface area contributed by atoms with Crippen LogP contribution in [0.4, 0.5) is 0 Å². The zero-order chi connectivity index (χ0) is 13.4. The number of aryl methyl sites for hydroxylation is 1. The Morgan fingerprint density at radius 3 is 2.78 bits per heavy atom. The molecule has 0 amide bonds. The summed E-state index contributed by atoms with van der Waals surface area (Å²) >= 11 is 0. The predicted octanol–water partition coefficient (Wildman–Crippen LogP) is 1.84. The summed E-state index contributed by atoms with van der Waals surface area (Å²) in [5.74, 6) is 0.0311. The molecule has 1 aromatic carbocycles. The van der Waals surface area contributed by atoms with Crippen LogP contribution in [0.1, 0.15) is 24.5 Å². The van der Waals surface area contributed by atoms with Crippen LogP contribution >= 0.6 is 0 Å². The Kier molecular flexibility index (Phi) is 6.32. The van der Waals surface area contributed by atoms with Gasteiger partial charge in [0.2, 0.25) is 10.0 Å². The Balaban J connectivity index is 2.40. The van der Waals surface area contributed by atoms with Crippen LogP contribution in [-0.4, -0.2) is 28.2 Å². The molecule has 0 spiro atoms. The molecule has 1 aromatic rings. The second-order valence-corrected chi connectivity index (χ2v) is 6.00. The third kappa shape index (κ3) is 6.14. The highest BCUT2D eigenvalue weighted by Gasteiger charge is 2.10. The number of hydrogen-bond donors (Lipinski definition) is 1. The van der Waals surface area contributed by atoms with E-state index in [9.17, 15) is 8.42 Å². The Labute approximate surface area is 109 Å². The van der Waals surface area contributed by atoms with E-state index in [0.29, 0.717) is 26.2 Å². The molecule has 0 saturated carbocycles. The molecule has 0 aromatic heterocycles. The van der Waals surface area contributed by atoms with E-state index in [2.05, 4.69) is 4.72 Å². The van der Waals surface area contributed by atoms with Crippen molar-refractivity contribution in [3.8, 4) is 0 Å². The van der Waals surface area contributed by atoms with Crippen LogP contribution in [0.3, 0.4) is 0 Å². The van der Waals surface area contributed by atoms with Gasteiger partial charge in [-0.05, 0) is 25.8 Å². The van der Waals surface area contributed by atoms with Gasteiger partial charge in [-0.2, -0.15) is 0 Å². The van der Waals surface area contributed by atoms with Crippen molar-refractivity contribution in [2.24, 2.45) is 0 Å². The van der Waals surface area contributed by atoms with Crippen LogP contribution in [0.25, 0.3) is 0 Å². The smallest absolute Gasteiger partial charge is 0.215 e. The Morgan fingerprint density at radius 2 is 2.11 bits per heavy atom. The molecule has 0 atom stereocenters. The molecule has 0 aliphatic carbocycles. The quantitative estimate of drug-likeness (QED) is 0.734. The molecular weight excluding hydrogens is 250 g/mol. The number of benzene rings is 1. The van der Waals surface area contributed by atoms with Gasteiger partial charge in [0.15, 0.2) is 0 Å². The zero-order valence-electron chi connectivity index (χ0n) is 11.0. The summed E-state index contributed by atoms with van der Waals surface area (Å²) in [5, 5.41) is 0. The maximum absolute atomic E-state index is 11.8. The number of sulfonamides is 1. The highest BCUT2D eigenvalue weighted by Crippen LogP contribution is 2.07. The van der Waals surface area contributed by atoms with Gasteiger partial charge in [-0.25, -0.2) is 13.1 Å². The van der Waals surface area contributed by atoms with E-state index < -0.39 is 10.0 Å². The van der Waals surface area contributed by atoms with Crippen LogP contribution in [-0.2, 0) is 20.5 Å².